The number of carbonyl (C=O) groups excluding carboxylic acids is 1. The van der Waals surface area contributed by atoms with Gasteiger partial charge in [-0.1, -0.05) is 24.3 Å². The summed E-state index contributed by atoms with van der Waals surface area (Å²) >= 11 is 1.51. The van der Waals surface area contributed by atoms with Gasteiger partial charge in [-0.05, 0) is 11.5 Å². The fourth-order valence-corrected chi connectivity index (χ4v) is 2.63. The third-order valence-corrected chi connectivity index (χ3v) is 3.90. The normalized spacial score (nSPS) is 10.5. The van der Waals surface area contributed by atoms with Crippen LogP contribution in [0.25, 0.3) is 10.8 Å². The van der Waals surface area contributed by atoms with Gasteiger partial charge in [-0.3, -0.25) is 9.78 Å². The van der Waals surface area contributed by atoms with Crippen LogP contribution < -0.4 is 10.6 Å². The van der Waals surface area contributed by atoms with Gasteiger partial charge in [0.05, 0.1) is 12.1 Å². The molecule has 3 rings (SSSR count). The number of carbonyl (C=O) groups is 1. The highest BCUT2D eigenvalue weighted by Crippen LogP contribution is 2.22. The fourth-order valence-electron chi connectivity index (χ4n) is 2.09. The second-order valence-electron chi connectivity index (χ2n) is 4.48. The van der Waals surface area contributed by atoms with Crippen molar-refractivity contribution in [1.29, 1.82) is 0 Å². The van der Waals surface area contributed by atoms with Crippen LogP contribution in [0.15, 0.2) is 42.0 Å². The highest BCUT2D eigenvalue weighted by atomic mass is 32.1. The van der Waals surface area contributed by atoms with Crippen molar-refractivity contribution < 1.29 is 4.79 Å². The predicted octanol–water partition coefficient (Wildman–Crippen LogP) is 2.66. The van der Waals surface area contributed by atoms with Crippen LogP contribution in [0.3, 0.4) is 0 Å². The van der Waals surface area contributed by atoms with Crippen molar-refractivity contribution in [2.45, 2.75) is 6.54 Å². The van der Waals surface area contributed by atoms with Crippen LogP contribution in [0.1, 0.15) is 15.4 Å². The lowest BCUT2D eigenvalue weighted by atomic mass is 10.1. The van der Waals surface area contributed by atoms with Crippen LogP contribution >= 0.6 is 11.3 Å². The lowest BCUT2D eigenvalue weighted by molar-refractivity contribution is 0.0946. The number of amides is 1. The molecule has 1 amide bonds. The first-order chi connectivity index (χ1) is 10.3. The largest absolute Gasteiger partial charge is 0.373 e. The van der Waals surface area contributed by atoms with Gasteiger partial charge in [-0.25, -0.2) is 4.98 Å². The lowest BCUT2D eigenvalue weighted by Crippen LogP contribution is -2.23. The summed E-state index contributed by atoms with van der Waals surface area (Å²) < 4.78 is 0. The molecule has 21 heavy (non-hydrogen) atoms. The van der Waals surface area contributed by atoms with Crippen LogP contribution in [-0.4, -0.2) is 22.9 Å². The minimum absolute atomic E-state index is 0.189. The van der Waals surface area contributed by atoms with E-state index >= 15 is 0 Å². The third-order valence-electron chi connectivity index (χ3n) is 3.12. The average molecular weight is 298 g/mol. The lowest BCUT2D eigenvalue weighted by Gasteiger charge is -2.09. The molecule has 2 N–H and O–H groups in total. The molecule has 0 atom stereocenters. The minimum Gasteiger partial charge on any atom is -0.373 e. The number of nitrogens with one attached hydrogen (secondary N) is 2. The molecular formula is C15H14N4OS. The minimum atomic E-state index is -0.189. The van der Waals surface area contributed by atoms with Crippen molar-refractivity contribution >= 4 is 33.8 Å². The van der Waals surface area contributed by atoms with Crippen molar-refractivity contribution in [3.05, 3.63) is 52.6 Å². The van der Waals surface area contributed by atoms with Crippen LogP contribution in [-0.2, 0) is 6.54 Å². The second kappa shape index (κ2) is 5.88. The monoisotopic (exact) mass is 298 g/mol. The predicted molar refractivity (Wildman–Crippen MR) is 84.6 cm³/mol. The number of aromatic nitrogens is 2. The molecule has 0 aliphatic rings. The van der Waals surface area contributed by atoms with Gasteiger partial charge in [0, 0.05) is 23.5 Å². The zero-order valence-electron chi connectivity index (χ0n) is 11.5. The third kappa shape index (κ3) is 2.85. The standard InChI is InChI=1S/C15H14N4OS/c1-16-14-12-5-3-2-4-10(12)6-13(19-14)15(20)18-8-11-7-17-9-21-11/h2-7,9H,8H2,1H3,(H,16,19)(H,18,20). The number of anilines is 1. The molecule has 0 saturated carbocycles. The van der Waals surface area contributed by atoms with Gasteiger partial charge in [-0.15, -0.1) is 11.3 Å². The SMILES string of the molecule is CNc1nc(C(=O)NCc2cncs2)cc2ccccc12. The molecule has 0 bridgehead atoms. The number of hydrogen-bond acceptors (Lipinski definition) is 5. The number of benzene rings is 1. The van der Waals surface area contributed by atoms with E-state index in [0.717, 1.165) is 15.6 Å². The summed E-state index contributed by atoms with van der Waals surface area (Å²) in [6.45, 7) is 0.465. The maximum atomic E-state index is 12.2. The van der Waals surface area contributed by atoms with Crippen molar-refractivity contribution in [3.8, 4) is 0 Å². The van der Waals surface area contributed by atoms with Gasteiger partial charge in [0.25, 0.3) is 5.91 Å². The van der Waals surface area contributed by atoms with E-state index in [1.807, 2.05) is 24.3 Å². The molecule has 0 radical (unpaired) electrons. The molecule has 0 spiro atoms. The maximum Gasteiger partial charge on any atom is 0.270 e. The van der Waals surface area contributed by atoms with Gasteiger partial charge in [-0.2, -0.15) is 0 Å². The summed E-state index contributed by atoms with van der Waals surface area (Å²) in [5.74, 6) is 0.515. The number of hydrogen-bond donors (Lipinski definition) is 2. The Bertz CT molecular complexity index is 770. The summed E-state index contributed by atoms with van der Waals surface area (Å²) in [6, 6.07) is 9.65. The van der Waals surface area contributed by atoms with E-state index < -0.39 is 0 Å². The van der Waals surface area contributed by atoms with E-state index in [1.54, 1.807) is 24.8 Å². The molecule has 0 aliphatic heterocycles. The quantitative estimate of drug-likeness (QED) is 0.777. The van der Waals surface area contributed by atoms with Gasteiger partial charge >= 0.3 is 0 Å². The molecule has 5 nitrogen and oxygen atoms in total. The topological polar surface area (TPSA) is 66.9 Å². The van der Waals surface area contributed by atoms with E-state index in [4.69, 9.17) is 0 Å². The van der Waals surface area contributed by atoms with E-state index in [2.05, 4.69) is 20.6 Å². The van der Waals surface area contributed by atoms with E-state index in [0.29, 0.717) is 18.1 Å². The van der Waals surface area contributed by atoms with Crippen molar-refractivity contribution in [2.75, 3.05) is 12.4 Å². The zero-order valence-corrected chi connectivity index (χ0v) is 12.3. The van der Waals surface area contributed by atoms with Crippen LogP contribution in [0.2, 0.25) is 0 Å². The number of thiazole rings is 1. The highest BCUT2D eigenvalue weighted by Gasteiger charge is 2.11. The molecule has 0 aliphatic carbocycles. The van der Waals surface area contributed by atoms with Gasteiger partial charge in [0.1, 0.15) is 11.5 Å². The Hall–Kier alpha value is -2.47. The van der Waals surface area contributed by atoms with Crippen molar-refractivity contribution in [3.63, 3.8) is 0 Å². The molecule has 0 fully saturated rings. The number of fused-ring (bicyclic) bond motifs is 1. The molecule has 106 valence electrons. The summed E-state index contributed by atoms with van der Waals surface area (Å²) in [5.41, 5.74) is 2.15. The first-order valence-corrected chi connectivity index (χ1v) is 7.39. The summed E-state index contributed by atoms with van der Waals surface area (Å²) in [4.78, 5) is 21.6. The number of rotatable bonds is 4. The molecule has 2 heterocycles. The Kier molecular flexibility index (Phi) is 3.79. The van der Waals surface area contributed by atoms with Crippen molar-refractivity contribution in [1.82, 2.24) is 15.3 Å². The highest BCUT2D eigenvalue weighted by molar-refractivity contribution is 7.09. The van der Waals surface area contributed by atoms with Crippen LogP contribution in [0.5, 0.6) is 0 Å². The zero-order chi connectivity index (χ0) is 14.7. The molecule has 0 unspecified atom stereocenters. The summed E-state index contributed by atoms with van der Waals surface area (Å²) in [7, 11) is 1.80. The average Bonchev–Trinajstić information content (AvgIpc) is 3.04. The molecular weight excluding hydrogens is 284 g/mol. The second-order valence-corrected chi connectivity index (χ2v) is 5.45. The van der Waals surface area contributed by atoms with Crippen LogP contribution in [0, 0.1) is 0 Å². The molecule has 6 heteroatoms. The molecule has 0 saturated heterocycles. The Balaban J connectivity index is 1.87. The maximum absolute atomic E-state index is 12.2. The fraction of sp³-hybridized carbons (Fsp3) is 0.133. The smallest absolute Gasteiger partial charge is 0.270 e. The van der Waals surface area contributed by atoms with Gasteiger partial charge < -0.3 is 10.6 Å². The number of nitrogens with zero attached hydrogens (tertiary/aromatic N) is 2. The summed E-state index contributed by atoms with van der Waals surface area (Å²) in [5, 5.41) is 7.88. The number of pyridine rings is 1. The molecule has 1 aromatic carbocycles. The Labute approximate surface area is 126 Å². The van der Waals surface area contributed by atoms with E-state index in [9.17, 15) is 4.79 Å². The first kappa shape index (κ1) is 13.5. The molecule has 3 aromatic rings. The van der Waals surface area contributed by atoms with Crippen LogP contribution in [0.4, 0.5) is 5.82 Å². The Morgan fingerprint density at radius 2 is 2.19 bits per heavy atom. The summed E-state index contributed by atoms with van der Waals surface area (Å²) in [6.07, 6.45) is 1.75. The van der Waals surface area contributed by atoms with Crippen molar-refractivity contribution in [2.24, 2.45) is 0 Å². The van der Waals surface area contributed by atoms with E-state index in [1.165, 1.54) is 11.3 Å². The Morgan fingerprint density at radius 1 is 1.33 bits per heavy atom. The van der Waals surface area contributed by atoms with Gasteiger partial charge in [0.2, 0.25) is 0 Å². The van der Waals surface area contributed by atoms with Gasteiger partial charge in [0.15, 0.2) is 0 Å². The van der Waals surface area contributed by atoms with E-state index in [-0.39, 0.29) is 5.91 Å². The molecule has 2 aromatic heterocycles. The first-order valence-electron chi connectivity index (χ1n) is 6.51. The Morgan fingerprint density at radius 3 is 2.95 bits per heavy atom.